The van der Waals surface area contributed by atoms with Gasteiger partial charge in [0.05, 0.1) is 0 Å². The quantitative estimate of drug-likeness (QED) is 0.811. The highest BCUT2D eigenvalue weighted by Crippen LogP contribution is 2.18. The van der Waals surface area contributed by atoms with Crippen molar-refractivity contribution < 1.29 is 0 Å². The fourth-order valence-corrected chi connectivity index (χ4v) is 2.91. The molecule has 2 unspecified atom stereocenters. The van der Waals surface area contributed by atoms with Gasteiger partial charge < -0.3 is 10.2 Å². The summed E-state index contributed by atoms with van der Waals surface area (Å²) in [6.45, 7) is 12.3. The molecular formula is C18H32N2. The summed E-state index contributed by atoms with van der Waals surface area (Å²) in [5.41, 5.74) is 4.10. The van der Waals surface area contributed by atoms with E-state index in [4.69, 9.17) is 0 Å². The fourth-order valence-electron chi connectivity index (χ4n) is 2.91. The normalized spacial score (nSPS) is 14.8. The van der Waals surface area contributed by atoms with Crippen molar-refractivity contribution in [3.63, 3.8) is 0 Å². The van der Waals surface area contributed by atoms with Gasteiger partial charge in [0.2, 0.25) is 0 Å². The van der Waals surface area contributed by atoms with Gasteiger partial charge in [-0.1, -0.05) is 43.2 Å². The van der Waals surface area contributed by atoms with Crippen LogP contribution in [0.4, 0.5) is 0 Å². The van der Waals surface area contributed by atoms with Crippen molar-refractivity contribution in [1.82, 2.24) is 10.2 Å². The highest BCUT2D eigenvalue weighted by Gasteiger charge is 2.16. The van der Waals surface area contributed by atoms with Crippen LogP contribution >= 0.6 is 0 Å². The maximum Gasteiger partial charge on any atom is 0.0295 e. The van der Waals surface area contributed by atoms with Gasteiger partial charge in [0.25, 0.3) is 0 Å². The highest BCUT2D eigenvalue weighted by atomic mass is 15.1. The fraction of sp³-hybridized carbons (Fsp3) is 0.667. The van der Waals surface area contributed by atoms with Crippen LogP contribution in [0.25, 0.3) is 0 Å². The summed E-state index contributed by atoms with van der Waals surface area (Å²) in [5, 5.41) is 3.81. The van der Waals surface area contributed by atoms with E-state index in [2.05, 4.69) is 77.1 Å². The van der Waals surface area contributed by atoms with E-state index in [0.29, 0.717) is 12.1 Å². The van der Waals surface area contributed by atoms with E-state index in [0.717, 1.165) is 12.5 Å². The first-order valence-electron chi connectivity index (χ1n) is 7.77. The van der Waals surface area contributed by atoms with E-state index in [-0.39, 0.29) is 0 Å². The minimum atomic E-state index is 0.400. The van der Waals surface area contributed by atoms with Crippen LogP contribution in [-0.4, -0.2) is 31.6 Å². The van der Waals surface area contributed by atoms with Gasteiger partial charge in [-0.2, -0.15) is 0 Å². The summed E-state index contributed by atoms with van der Waals surface area (Å²) < 4.78 is 0. The Morgan fingerprint density at radius 1 is 1.00 bits per heavy atom. The number of hydrogen-bond donors (Lipinski definition) is 1. The first-order chi connectivity index (χ1) is 9.27. The zero-order valence-electron chi connectivity index (χ0n) is 14.3. The van der Waals surface area contributed by atoms with Crippen LogP contribution in [0, 0.1) is 19.8 Å². The van der Waals surface area contributed by atoms with Gasteiger partial charge in [-0.3, -0.25) is 0 Å². The topological polar surface area (TPSA) is 15.3 Å². The van der Waals surface area contributed by atoms with Crippen molar-refractivity contribution in [2.45, 2.75) is 53.1 Å². The summed E-state index contributed by atoms with van der Waals surface area (Å²) in [7, 11) is 4.30. The molecule has 0 fully saturated rings. The summed E-state index contributed by atoms with van der Waals surface area (Å²) >= 11 is 0. The number of likely N-dealkylation sites (N-methyl/N-ethyl adjacent to an activating group) is 1. The Morgan fingerprint density at radius 2 is 1.55 bits per heavy atom. The maximum absolute atomic E-state index is 3.81. The van der Waals surface area contributed by atoms with Crippen molar-refractivity contribution in [2.24, 2.45) is 5.92 Å². The third-order valence-corrected chi connectivity index (χ3v) is 3.57. The standard InChI is InChI=1S/C18H32N2/c1-13(2)8-18(12-20(6)7)19-16(5)17-10-14(3)9-15(4)11-17/h9-11,13,16,18-19H,8,12H2,1-7H3. The van der Waals surface area contributed by atoms with Gasteiger partial charge in [-0.15, -0.1) is 0 Å². The molecule has 1 aromatic rings. The van der Waals surface area contributed by atoms with Gasteiger partial charge in [-0.05, 0) is 52.8 Å². The molecule has 0 aromatic heterocycles. The Hall–Kier alpha value is -0.860. The van der Waals surface area contributed by atoms with E-state index in [1.54, 1.807) is 0 Å². The second-order valence-electron chi connectivity index (χ2n) is 6.90. The van der Waals surface area contributed by atoms with E-state index in [1.807, 2.05) is 0 Å². The third kappa shape index (κ3) is 6.06. The van der Waals surface area contributed by atoms with Gasteiger partial charge in [0.1, 0.15) is 0 Å². The minimum absolute atomic E-state index is 0.400. The van der Waals surface area contributed by atoms with Gasteiger partial charge >= 0.3 is 0 Å². The van der Waals surface area contributed by atoms with E-state index in [1.165, 1.54) is 23.1 Å². The molecular weight excluding hydrogens is 244 g/mol. The number of aryl methyl sites for hydroxylation is 2. The van der Waals surface area contributed by atoms with Gasteiger partial charge in [-0.25, -0.2) is 0 Å². The Morgan fingerprint density at radius 3 is 2.00 bits per heavy atom. The first kappa shape index (κ1) is 17.2. The summed E-state index contributed by atoms with van der Waals surface area (Å²) in [4.78, 5) is 2.27. The molecule has 0 bridgehead atoms. The van der Waals surface area contributed by atoms with Gasteiger partial charge in [0.15, 0.2) is 0 Å². The zero-order valence-corrected chi connectivity index (χ0v) is 14.3. The summed E-state index contributed by atoms with van der Waals surface area (Å²) in [6.07, 6.45) is 1.22. The summed E-state index contributed by atoms with van der Waals surface area (Å²) in [5.74, 6) is 0.721. The molecule has 2 atom stereocenters. The number of nitrogens with zero attached hydrogens (tertiary/aromatic N) is 1. The predicted molar refractivity (Wildman–Crippen MR) is 89.3 cm³/mol. The highest BCUT2D eigenvalue weighted by molar-refractivity contribution is 5.30. The molecule has 2 nitrogen and oxygen atoms in total. The molecule has 0 spiro atoms. The Kier molecular flexibility index (Phi) is 6.70. The lowest BCUT2D eigenvalue weighted by Gasteiger charge is -2.28. The molecule has 0 heterocycles. The molecule has 0 radical (unpaired) electrons. The Labute approximate surface area is 125 Å². The number of rotatable bonds is 7. The zero-order chi connectivity index (χ0) is 15.3. The van der Waals surface area contributed by atoms with Crippen LogP contribution in [0.3, 0.4) is 0 Å². The van der Waals surface area contributed by atoms with E-state index < -0.39 is 0 Å². The molecule has 0 aliphatic rings. The van der Waals surface area contributed by atoms with Gasteiger partial charge in [0, 0.05) is 18.6 Å². The number of benzene rings is 1. The molecule has 20 heavy (non-hydrogen) atoms. The lowest BCUT2D eigenvalue weighted by atomic mass is 9.99. The molecule has 1 rings (SSSR count). The van der Waals surface area contributed by atoms with Crippen LogP contribution in [0.5, 0.6) is 0 Å². The number of nitrogens with one attached hydrogen (secondary N) is 1. The minimum Gasteiger partial charge on any atom is -0.308 e. The van der Waals surface area contributed by atoms with Crippen molar-refractivity contribution in [3.8, 4) is 0 Å². The maximum atomic E-state index is 3.81. The molecule has 1 aromatic carbocycles. The van der Waals surface area contributed by atoms with Crippen molar-refractivity contribution in [2.75, 3.05) is 20.6 Å². The summed E-state index contributed by atoms with van der Waals surface area (Å²) in [6, 6.07) is 7.78. The molecule has 0 saturated carbocycles. The smallest absolute Gasteiger partial charge is 0.0295 e. The average molecular weight is 276 g/mol. The second-order valence-corrected chi connectivity index (χ2v) is 6.90. The van der Waals surface area contributed by atoms with Crippen LogP contribution in [0.15, 0.2) is 18.2 Å². The lowest BCUT2D eigenvalue weighted by molar-refractivity contribution is 0.291. The molecule has 0 amide bonds. The van der Waals surface area contributed by atoms with Crippen LogP contribution in [0.2, 0.25) is 0 Å². The Bertz CT molecular complexity index is 380. The lowest BCUT2D eigenvalue weighted by Crippen LogP contribution is -2.40. The molecule has 0 saturated heterocycles. The van der Waals surface area contributed by atoms with Crippen molar-refractivity contribution >= 4 is 0 Å². The van der Waals surface area contributed by atoms with Crippen LogP contribution in [-0.2, 0) is 0 Å². The van der Waals surface area contributed by atoms with E-state index in [9.17, 15) is 0 Å². The molecule has 0 aliphatic carbocycles. The monoisotopic (exact) mass is 276 g/mol. The second kappa shape index (κ2) is 7.80. The number of hydrogen-bond acceptors (Lipinski definition) is 2. The van der Waals surface area contributed by atoms with Crippen LogP contribution in [0.1, 0.15) is 49.9 Å². The Balaban J connectivity index is 2.75. The average Bonchev–Trinajstić information content (AvgIpc) is 2.25. The predicted octanol–water partition coefficient (Wildman–Crippen LogP) is 3.93. The molecule has 114 valence electrons. The molecule has 2 heteroatoms. The molecule has 0 aliphatic heterocycles. The first-order valence-corrected chi connectivity index (χ1v) is 7.77. The van der Waals surface area contributed by atoms with Crippen molar-refractivity contribution in [3.05, 3.63) is 34.9 Å². The SMILES string of the molecule is Cc1cc(C)cc(C(C)NC(CC(C)C)CN(C)C)c1. The molecule has 1 N–H and O–H groups in total. The largest absolute Gasteiger partial charge is 0.308 e. The van der Waals surface area contributed by atoms with Crippen molar-refractivity contribution in [1.29, 1.82) is 0 Å². The third-order valence-electron chi connectivity index (χ3n) is 3.57. The van der Waals surface area contributed by atoms with E-state index >= 15 is 0 Å². The van der Waals surface area contributed by atoms with Crippen LogP contribution < -0.4 is 5.32 Å².